The van der Waals surface area contributed by atoms with Crippen molar-refractivity contribution in [1.29, 1.82) is 0 Å². The second-order valence-corrected chi connectivity index (χ2v) is 5.11. The summed E-state index contributed by atoms with van der Waals surface area (Å²) in [4.78, 5) is 23.4. The number of anilines is 1. The first-order valence-corrected chi connectivity index (χ1v) is 7.10. The minimum atomic E-state index is -0.114. The van der Waals surface area contributed by atoms with Crippen LogP contribution >= 0.6 is 12.6 Å². The van der Waals surface area contributed by atoms with Gasteiger partial charge in [0.25, 0.3) is 0 Å². The number of amides is 2. The molecule has 0 saturated heterocycles. The van der Waals surface area contributed by atoms with Gasteiger partial charge in [-0.05, 0) is 24.5 Å². The van der Waals surface area contributed by atoms with E-state index < -0.39 is 0 Å². The monoisotopic (exact) mass is 278 g/mol. The van der Waals surface area contributed by atoms with Gasteiger partial charge in [-0.3, -0.25) is 9.59 Å². The maximum absolute atomic E-state index is 11.9. The van der Waals surface area contributed by atoms with Crippen LogP contribution in [-0.4, -0.2) is 24.1 Å². The highest BCUT2D eigenvalue weighted by molar-refractivity contribution is 7.80. The van der Waals surface area contributed by atoms with Crippen molar-refractivity contribution in [3.05, 3.63) is 29.8 Å². The van der Waals surface area contributed by atoms with Crippen molar-refractivity contribution in [1.82, 2.24) is 5.32 Å². The summed E-state index contributed by atoms with van der Waals surface area (Å²) >= 11 is 4.03. The van der Waals surface area contributed by atoms with Gasteiger partial charge < -0.3 is 10.6 Å². The molecule has 1 aromatic rings. The van der Waals surface area contributed by atoms with Crippen LogP contribution < -0.4 is 10.6 Å². The molecule has 0 bridgehead atoms. The zero-order chi connectivity index (χ0) is 13.7. The molecule has 0 aromatic heterocycles. The van der Waals surface area contributed by atoms with Crippen molar-refractivity contribution in [3.8, 4) is 0 Å². The Labute approximate surface area is 118 Å². The van der Waals surface area contributed by atoms with Gasteiger partial charge in [0.2, 0.25) is 11.8 Å². The minimum absolute atomic E-state index is 0.0132. The second-order valence-electron chi connectivity index (χ2n) is 4.66. The van der Waals surface area contributed by atoms with E-state index in [1.807, 2.05) is 24.3 Å². The van der Waals surface area contributed by atoms with Crippen LogP contribution in [0.5, 0.6) is 0 Å². The van der Waals surface area contributed by atoms with Gasteiger partial charge in [0, 0.05) is 30.3 Å². The molecular weight excluding hydrogens is 260 g/mol. The van der Waals surface area contributed by atoms with Gasteiger partial charge in [-0.1, -0.05) is 18.2 Å². The van der Waals surface area contributed by atoms with Crippen molar-refractivity contribution in [2.24, 2.45) is 5.92 Å². The van der Waals surface area contributed by atoms with E-state index in [-0.39, 0.29) is 17.7 Å². The van der Waals surface area contributed by atoms with Crippen LogP contribution in [0.25, 0.3) is 0 Å². The molecule has 2 rings (SSSR count). The molecule has 1 aliphatic heterocycles. The fraction of sp³-hybridized carbons (Fsp3) is 0.429. The van der Waals surface area contributed by atoms with Crippen molar-refractivity contribution in [3.63, 3.8) is 0 Å². The summed E-state index contributed by atoms with van der Waals surface area (Å²) in [5, 5.41) is 5.65. The van der Waals surface area contributed by atoms with E-state index >= 15 is 0 Å². The number of hydrogen-bond acceptors (Lipinski definition) is 3. The second kappa shape index (κ2) is 6.61. The molecule has 4 nitrogen and oxygen atoms in total. The van der Waals surface area contributed by atoms with Gasteiger partial charge in [0.15, 0.2) is 0 Å². The standard InChI is InChI=1S/C14H18N2O2S/c17-13(15-7-8-19)6-5-11-9-10-3-1-2-4-12(10)16-14(11)18/h1-4,11,19H,5-9H2,(H,15,17)(H,16,18). The number of benzene rings is 1. The van der Waals surface area contributed by atoms with E-state index in [9.17, 15) is 9.59 Å². The lowest BCUT2D eigenvalue weighted by Gasteiger charge is -2.24. The topological polar surface area (TPSA) is 58.2 Å². The van der Waals surface area contributed by atoms with Crippen molar-refractivity contribution >= 4 is 30.1 Å². The highest BCUT2D eigenvalue weighted by Gasteiger charge is 2.25. The van der Waals surface area contributed by atoms with Crippen molar-refractivity contribution < 1.29 is 9.59 Å². The number of rotatable bonds is 5. The molecule has 0 spiro atoms. The lowest BCUT2D eigenvalue weighted by Crippen LogP contribution is -2.32. The molecule has 1 aliphatic rings. The third-order valence-electron chi connectivity index (χ3n) is 3.27. The summed E-state index contributed by atoms with van der Waals surface area (Å²) in [6.45, 7) is 0.571. The first kappa shape index (κ1) is 13.9. The SMILES string of the molecule is O=C(CCC1Cc2ccccc2NC1=O)NCCS. The first-order chi connectivity index (χ1) is 9.20. The number of para-hydroxylation sites is 1. The first-order valence-electron chi connectivity index (χ1n) is 6.47. The lowest BCUT2D eigenvalue weighted by molar-refractivity contribution is -0.122. The molecular formula is C14H18N2O2S. The van der Waals surface area contributed by atoms with Crippen LogP contribution in [0.2, 0.25) is 0 Å². The summed E-state index contributed by atoms with van der Waals surface area (Å²) in [6, 6.07) is 7.79. The number of fused-ring (bicyclic) bond motifs is 1. The Hall–Kier alpha value is -1.49. The molecule has 0 fully saturated rings. The smallest absolute Gasteiger partial charge is 0.227 e. The number of thiol groups is 1. The fourth-order valence-electron chi connectivity index (χ4n) is 2.24. The largest absolute Gasteiger partial charge is 0.355 e. The van der Waals surface area contributed by atoms with E-state index in [0.717, 1.165) is 11.3 Å². The van der Waals surface area contributed by atoms with Crippen molar-refractivity contribution in [2.45, 2.75) is 19.3 Å². The van der Waals surface area contributed by atoms with E-state index in [1.54, 1.807) is 0 Å². The zero-order valence-electron chi connectivity index (χ0n) is 10.7. The Morgan fingerprint density at radius 3 is 3.00 bits per heavy atom. The highest BCUT2D eigenvalue weighted by Crippen LogP contribution is 2.27. The maximum Gasteiger partial charge on any atom is 0.227 e. The fourth-order valence-corrected chi connectivity index (χ4v) is 2.35. The molecule has 0 radical (unpaired) electrons. The van der Waals surface area contributed by atoms with Gasteiger partial charge in [-0.15, -0.1) is 0 Å². The molecule has 2 N–H and O–H groups in total. The van der Waals surface area contributed by atoms with E-state index in [0.29, 0.717) is 31.6 Å². The predicted molar refractivity (Wildman–Crippen MR) is 78.4 cm³/mol. The quantitative estimate of drug-likeness (QED) is 0.717. The van der Waals surface area contributed by atoms with Crippen LogP contribution in [0, 0.1) is 5.92 Å². The third kappa shape index (κ3) is 3.73. The maximum atomic E-state index is 11.9. The molecule has 5 heteroatoms. The van der Waals surface area contributed by atoms with Crippen LogP contribution in [-0.2, 0) is 16.0 Å². The van der Waals surface area contributed by atoms with Gasteiger partial charge in [-0.2, -0.15) is 12.6 Å². The van der Waals surface area contributed by atoms with E-state index in [4.69, 9.17) is 0 Å². The number of carbonyl (C=O) groups excluding carboxylic acids is 2. The Morgan fingerprint density at radius 2 is 2.21 bits per heavy atom. The molecule has 2 amide bonds. The normalized spacial score (nSPS) is 17.5. The molecule has 1 atom stereocenters. The lowest BCUT2D eigenvalue weighted by atomic mass is 9.89. The molecule has 102 valence electrons. The number of carbonyl (C=O) groups is 2. The Balaban J connectivity index is 1.89. The number of hydrogen-bond donors (Lipinski definition) is 3. The summed E-state index contributed by atoms with van der Waals surface area (Å²) in [5.74, 6) is 0.515. The van der Waals surface area contributed by atoms with Gasteiger partial charge in [-0.25, -0.2) is 0 Å². The van der Waals surface area contributed by atoms with Crippen LogP contribution in [0.1, 0.15) is 18.4 Å². The Morgan fingerprint density at radius 1 is 1.42 bits per heavy atom. The van der Waals surface area contributed by atoms with Crippen molar-refractivity contribution in [2.75, 3.05) is 17.6 Å². The van der Waals surface area contributed by atoms with Crippen LogP contribution in [0.3, 0.4) is 0 Å². The Bertz CT molecular complexity index is 476. The molecule has 19 heavy (non-hydrogen) atoms. The molecule has 1 aromatic carbocycles. The predicted octanol–water partition coefficient (Wildman–Crippen LogP) is 1.62. The Kier molecular flexibility index (Phi) is 4.85. The van der Waals surface area contributed by atoms with Gasteiger partial charge in [0.1, 0.15) is 0 Å². The van der Waals surface area contributed by atoms with Gasteiger partial charge >= 0.3 is 0 Å². The van der Waals surface area contributed by atoms with Gasteiger partial charge in [0.05, 0.1) is 0 Å². The zero-order valence-corrected chi connectivity index (χ0v) is 11.6. The minimum Gasteiger partial charge on any atom is -0.355 e. The summed E-state index contributed by atoms with van der Waals surface area (Å²) < 4.78 is 0. The third-order valence-corrected chi connectivity index (χ3v) is 3.49. The number of nitrogens with one attached hydrogen (secondary N) is 2. The summed E-state index contributed by atoms with van der Waals surface area (Å²) in [5.41, 5.74) is 2.03. The summed E-state index contributed by atoms with van der Waals surface area (Å²) in [6.07, 6.45) is 1.68. The average molecular weight is 278 g/mol. The molecule has 1 unspecified atom stereocenters. The van der Waals surface area contributed by atoms with E-state index in [1.165, 1.54) is 0 Å². The average Bonchev–Trinajstić information content (AvgIpc) is 2.42. The van der Waals surface area contributed by atoms with E-state index in [2.05, 4.69) is 23.3 Å². The molecule has 0 saturated carbocycles. The molecule has 1 heterocycles. The van der Waals surface area contributed by atoms with Crippen LogP contribution in [0.4, 0.5) is 5.69 Å². The summed E-state index contributed by atoms with van der Waals surface area (Å²) in [7, 11) is 0. The van der Waals surface area contributed by atoms with Crippen LogP contribution in [0.15, 0.2) is 24.3 Å². The highest BCUT2D eigenvalue weighted by atomic mass is 32.1. The molecule has 0 aliphatic carbocycles.